The molecule has 2 heterocycles. The Labute approximate surface area is 228 Å². The van der Waals surface area contributed by atoms with Gasteiger partial charge in [0.15, 0.2) is 11.6 Å². The second-order valence-corrected chi connectivity index (χ2v) is 9.21. The Balaban J connectivity index is 1.60. The van der Waals surface area contributed by atoms with Crippen molar-refractivity contribution in [1.82, 2.24) is 25.1 Å². The minimum Gasteiger partial charge on any atom is -0.496 e. The van der Waals surface area contributed by atoms with Gasteiger partial charge < -0.3 is 21.1 Å². The number of amides is 2. The molecule has 41 heavy (non-hydrogen) atoms. The van der Waals surface area contributed by atoms with Gasteiger partial charge in [-0.05, 0) is 48.7 Å². The zero-order valence-corrected chi connectivity index (χ0v) is 21.1. The number of hydrogen-bond acceptors (Lipinski definition) is 7. The number of aromatic nitrogens is 4. The number of nitrogen functional groups attached to an aromatic ring is 1. The van der Waals surface area contributed by atoms with Crippen LogP contribution < -0.4 is 21.1 Å². The van der Waals surface area contributed by atoms with Crippen LogP contribution >= 0.6 is 0 Å². The molecule has 2 amide bonds. The first kappa shape index (κ1) is 27.5. The molecule has 2 aromatic carbocycles. The molecule has 1 fully saturated rings. The average molecular weight is 573 g/mol. The molecule has 0 unspecified atom stereocenters. The zero-order valence-electron chi connectivity index (χ0n) is 21.1. The molecule has 1 aliphatic carbocycles. The Bertz CT molecular complexity index is 1730. The minimum atomic E-state index is -4.61. The van der Waals surface area contributed by atoms with Crippen LogP contribution in [0.15, 0.2) is 55.1 Å². The van der Waals surface area contributed by atoms with Gasteiger partial charge >= 0.3 is 6.18 Å². The molecule has 4 aromatic rings. The van der Waals surface area contributed by atoms with E-state index in [0.29, 0.717) is 5.56 Å². The number of carbonyl (C=O) groups excluding carboxylic acids is 2. The number of nitrogens with one attached hydrogen (secondary N) is 2. The fraction of sp³-hybridized carbons (Fsp3) is 0.192. The summed E-state index contributed by atoms with van der Waals surface area (Å²) in [5, 5.41) is 12.6. The van der Waals surface area contributed by atoms with E-state index < -0.39 is 35.2 Å². The molecule has 5 rings (SSSR count). The molecule has 1 aliphatic rings. The molecule has 0 spiro atoms. The topological polar surface area (TPSA) is 137 Å². The number of halogens is 5. The summed E-state index contributed by atoms with van der Waals surface area (Å²) in [5.74, 6) is -4.33. The van der Waals surface area contributed by atoms with Crippen molar-refractivity contribution in [3.05, 3.63) is 66.5 Å². The van der Waals surface area contributed by atoms with Crippen LogP contribution in [0.5, 0.6) is 5.75 Å². The quantitative estimate of drug-likeness (QED) is 0.220. The fourth-order valence-electron chi connectivity index (χ4n) is 4.29. The van der Waals surface area contributed by atoms with Crippen LogP contribution in [0.3, 0.4) is 0 Å². The van der Waals surface area contributed by atoms with Gasteiger partial charge in [-0.3, -0.25) is 9.59 Å². The summed E-state index contributed by atoms with van der Waals surface area (Å²) in [6, 6.07) is 7.59. The van der Waals surface area contributed by atoms with Crippen molar-refractivity contribution in [2.24, 2.45) is 0 Å². The SMILES string of the molecule is C=C(F)C(=O)Nc1ccc(-c2nn3ncnc(N)c3c2-c2ccc(C(=O)NC3(C(F)(F)F)CC3)c(OC)c2)c(F)c1. The van der Waals surface area contributed by atoms with Gasteiger partial charge in [-0.15, -0.1) is 14.8 Å². The molecule has 0 atom stereocenters. The van der Waals surface area contributed by atoms with E-state index >= 15 is 4.39 Å². The third kappa shape index (κ3) is 4.90. The molecule has 0 bridgehead atoms. The first-order valence-corrected chi connectivity index (χ1v) is 11.9. The Morgan fingerprint density at radius 2 is 1.90 bits per heavy atom. The summed E-state index contributed by atoms with van der Waals surface area (Å²) < 4.78 is 75.1. The Morgan fingerprint density at radius 1 is 1.17 bits per heavy atom. The van der Waals surface area contributed by atoms with E-state index in [-0.39, 0.29) is 58.0 Å². The highest BCUT2D eigenvalue weighted by Gasteiger charge is 2.64. The van der Waals surface area contributed by atoms with Crippen LogP contribution in [0.2, 0.25) is 0 Å². The van der Waals surface area contributed by atoms with Crippen molar-refractivity contribution in [2.75, 3.05) is 18.2 Å². The second kappa shape index (κ2) is 9.83. The lowest BCUT2D eigenvalue weighted by molar-refractivity contribution is -0.163. The number of hydrogen-bond donors (Lipinski definition) is 3. The lowest BCUT2D eigenvalue weighted by atomic mass is 9.97. The van der Waals surface area contributed by atoms with E-state index in [1.165, 1.54) is 37.4 Å². The number of alkyl halides is 3. The van der Waals surface area contributed by atoms with Crippen molar-refractivity contribution in [2.45, 2.75) is 24.6 Å². The van der Waals surface area contributed by atoms with Crippen LogP contribution in [-0.4, -0.2) is 50.5 Å². The number of benzene rings is 2. The smallest absolute Gasteiger partial charge is 0.411 e. The highest BCUT2D eigenvalue weighted by atomic mass is 19.4. The predicted octanol–water partition coefficient (Wildman–Crippen LogP) is 4.43. The largest absolute Gasteiger partial charge is 0.496 e. The molecule has 0 radical (unpaired) electrons. The van der Waals surface area contributed by atoms with Crippen LogP contribution in [0.4, 0.5) is 33.5 Å². The van der Waals surface area contributed by atoms with Gasteiger partial charge in [0.2, 0.25) is 0 Å². The lowest BCUT2D eigenvalue weighted by Crippen LogP contribution is -2.47. The van der Waals surface area contributed by atoms with E-state index in [1.54, 1.807) is 0 Å². The van der Waals surface area contributed by atoms with Gasteiger partial charge in [-0.25, -0.2) is 13.8 Å². The minimum absolute atomic E-state index is 0.0238. The van der Waals surface area contributed by atoms with Crippen molar-refractivity contribution in [1.29, 1.82) is 0 Å². The fourth-order valence-corrected chi connectivity index (χ4v) is 4.29. The van der Waals surface area contributed by atoms with E-state index in [0.717, 1.165) is 17.0 Å². The van der Waals surface area contributed by atoms with Crippen molar-refractivity contribution >= 4 is 28.8 Å². The van der Waals surface area contributed by atoms with Gasteiger partial charge in [0.05, 0.1) is 12.7 Å². The Hall–Kier alpha value is -5.08. The van der Waals surface area contributed by atoms with Crippen LogP contribution in [-0.2, 0) is 4.79 Å². The zero-order chi connectivity index (χ0) is 29.7. The average Bonchev–Trinajstić information content (AvgIpc) is 3.60. The molecule has 10 nitrogen and oxygen atoms in total. The van der Waals surface area contributed by atoms with Crippen molar-refractivity contribution in [3.63, 3.8) is 0 Å². The maximum absolute atomic E-state index is 15.3. The lowest BCUT2D eigenvalue weighted by Gasteiger charge is -2.21. The van der Waals surface area contributed by atoms with Crippen LogP contribution in [0.25, 0.3) is 27.9 Å². The predicted molar refractivity (Wildman–Crippen MR) is 137 cm³/mol. The van der Waals surface area contributed by atoms with Gasteiger partial charge in [0.25, 0.3) is 11.8 Å². The summed E-state index contributed by atoms with van der Waals surface area (Å²) in [6.45, 7) is 2.88. The van der Waals surface area contributed by atoms with E-state index in [4.69, 9.17) is 10.5 Å². The van der Waals surface area contributed by atoms with Crippen LogP contribution in [0, 0.1) is 5.82 Å². The molecule has 0 saturated heterocycles. The van der Waals surface area contributed by atoms with Crippen molar-refractivity contribution in [3.8, 4) is 28.1 Å². The number of anilines is 2. The summed E-state index contributed by atoms with van der Waals surface area (Å²) in [7, 11) is 1.24. The third-order valence-electron chi connectivity index (χ3n) is 6.58. The second-order valence-electron chi connectivity index (χ2n) is 9.21. The number of rotatable bonds is 7. The molecule has 2 aromatic heterocycles. The summed E-state index contributed by atoms with van der Waals surface area (Å²) >= 11 is 0. The molecule has 15 heteroatoms. The highest BCUT2D eigenvalue weighted by Crippen LogP contribution is 2.49. The van der Waals surface area contributed by atoms with Crippen LogP contribution in [0.1, 0.15) is 23.2 Å². The normalized spacial score (nSPS) is 14.0. The number of nitrogens with zero attached hydrogens (tertiary/aromatic N) is 4. The maximum atomic E-state index is 15.3. The first-order chi connectivity index (χ1) is 19.3. The highest BCUT2D eigenvalue weighted by molar-refractivity contribution is 6.03. The van der Waals surface area contributed by atoms with Gasteiger partial charge in [0.1, 0.15) is 34.6 Å². The first-order valence-electron chi connectivity index (χ1n) is 11.9. The molecular weight excluding hydrogens is 553 g/mol. The maximum Gasteiger partial charge on any atom is 0.411 e. The number of fused-ring (bicyclic) bond motifs is 1. The molecular formula is C26H20F5N7O3. The molecule has 0 aliphatic heterocycles. The number of methoxy groups -OCH3 is 1. The molecule has 212 valence electrons. The Kier molecular flexibility index (Phi) is 6.59. The van der Waals surface area contributed by atoms with Crippen molar-refractivity contribution < 1.29 is 36.3 Å². The Morgan fingerprint density at radius 3 is 2.51 bits per heavy atom. The van der Waals surface area contributed by atoms with E-state index in [2.05, 4.69) is 32.4 Å². The summed E-state index contributed by atoms with van der Waals surface area (Å²) in [6.07, 6.45) is -3.94. The molecule has 1 saturated carbocycles. The van der Waals surface area contributed by atoms with E-state index in [1.807, 2.05) is 0 Å². The van der Waals surface area contributed by atoms with E-state index in [9.17, 15) is 27.2 Å². The van der Waals surface area contributed by atoms with Gasteiger partial charge in [-0.2, -0.15) is 13.2 Å². The summed E-state index contributed by atoms with van der Waals surface area (Å²) in [4.78, 5) is 28.4. The standard InChI is InChI=1S/C26H20F5N7O3/c1-12(27)23(39)35-14-4-6-15(17(28)10-14)20-19(21-22(32)33-11-34-38(21)37-20)13-3-5-16(18(9-13)41-2)24(40)36-25(7-8-25)26(29,30)31/h3-6,9-11H,1,7-8H2,2H3,(H,35,39)(H,36,40)(H2,32,33,34). The summed E-state index contributed by atoms with van der Waals surface area (Å²) in [5.41, 5.74) is 4.25. The van der Waals surface area contributed by atoms with Gasteiger partial charge in [-0.1, -0.05) is 12.6 Å². The third-order valence-corrected chi connectivity index (χ3v) is 6.58. The number of nitrogens with two attached hydrogens (primary N) is 1. The monoisotopic (exact) mass is 573 g/mol. The van der Waals surface area contributed by atoms with Gasteiger partial charge in [0, 0.05) is 16.8 Å². The number of ether oxygens (including phenoxy) is 1. The number of carbonyl (C=O) groups is 2. The molecule has 4 N–H and O–H groups in total.